The van der Waals surface area contributed by atoms with Crippen molar-refractivity contribution in [1.82, 2.24) is 5.32 Å². The summed E-state index contributed by atoms with van der Waals surface area (Å²) < 4.78 is 1.13. The summed E-state index contributed by atoms with van der Waals surface area (Å²) >= 11 is 15.9. The van der Waals surface area contributed by atoms with Crippen molar-refractivity contribution >= 4 is 53.6 Å². The summed E-state index contributed by atoms with van der Waals surface area (Å²) in [5, 5.41) is 3.57. The van der Waals surface area contributed by atoms with Gasteiger partial charge in [0.15, 0.2) is 0 Å². The summed E-state index contributed by atoms with van der Waals surface area (Å²) in [5.74, 6) is -0.536. The zero-order chi connectivity index (χ0) is 17.0. The van der Waals surface area contributed by atoms with Crippen LogP contribution < -0.4 is 15.4 Å². The van der Waals surface area contributed by atoms with E-state index in [9.17, 15) is 9.59 Å². The molecular formula is C15H13Cl2N3O2S. The first-order chi connectivity index (χ1) is 10.9. The molecule has 0 aliphatic carbocycles. The van der Waals surface area contributed by atoms with E-state index in [1.165, 1.54) is 12.1 Å². The molecule has 0 saturated heterocycles. The summed E-state index contributed by atoms with van der Waals surface area (Å²) in [7, 11) is 0. The van der Waals surface area contributed by atoms with E-state index in [1.807, 2.05) is 0 Å². The van der Waals surface area contributed by atoms with Crippen molar-refractivity contribution in [3.8, 4) is 0 Å². The number of primary amides is 1. The molecule has 0 radical (unpaired) electrons. The molecule has 5 nitrogen and oxygen atoms in total. The van der Waals surface area contributed by atoms with Gasteiger partial charge in [0.2, 0.25) is 5.91 Å². The van der Waals surface area contributed by atoms with Crippen LogP contribution in [0.5, 0.6) is 0 Å². The Bertz CT molecular complexity index is 738. The van der Waals surface area contributed by atoms with Crippen molar-refractivity contribution in [3.05, 3.63) is 63.6 Å². The molecule has 0 unspecified atom stereocenters. The quantitative estimate of drug-likeness (QED) is 0.719. The van der Waals surface area contributed by atoms with E-state index >= 15 is 0 Å². The van der Waals surface area contributed by atoms with Crippen LogP contribution in [0.1, 0.15) is 15.9 Å². The fraction of sp³-hybridized carbons (Fsp3) is 0.0667. The molecule has 23 heavy (non-hydrogen) atoms. The lowest BCUT2D eigenvalue weighted by Crippen LogP contribution is -2.33. The number of amides is 3. The Labute approximate surface area is 148 Å². The number of carbonyl (C=O) groups is 2. The standard InChI is InChI=1S/C15H13Cl2N3O2S/c16-12-6-1-9(7-13(12)17)8-19-15(22)20(23)11-4-2-10(3-5-11)14(18)21/h1-7,23H,8H2,(H2,18,21)(H,19,22). The van der Waals surface area contributed by atoms with Gasteiger partial charge in [-0.25, -0.2) is 9.10 Å². The van der Waals surface area contributed by atoms with Crippen LogP contribution in [0, 0.1) is 0 Å². The van der Waals surface area contributed by atoms with Gasteiger partial charge < -0.3 is 11.1 Å². The van der Waals surface area contributed by atoms with E-state index in [0.29, 0.717) is 21.3 Å². The van der Waals surface area contributed by atoms with E-state index in [4.69, 9.17) is 28.9 Å². The Kier molecular flexibility index (Phi) is 5.76. The molecule has 2 aromatic rings. The van der Waals surface area contributed by atoms with Crippen LogP contribution in [0.4, 0.5) is 10.5 Å². The molecule has 0 heterocycles. The van der Waals surface area contributed by atoms with Crippen LogP contribution in [-0.2, 0) is 6.54 Å². The normalized spacial score (nSPS) is 10.2. The Hall–Kier alpha value is -1.89. The Morgan fingerprint density at radius 3 is 2.30 bits per heavy atom. The topological polar surface area (TPSA) is 75.4 Å². The van der Waals surface area contributed by atoms with Crippen molar-refractivity contribution in [2.24, 2.45) is 5.73 Å². The molecule has 2 aromatic carbocycles. The van der Waals surface area contributed by atoms with Crippen molar-refractivity contribution in [2.45, 2.75) is 6.54 Å². The minimum absolute atomic E-state index is 0.270. The molecule has 3 N–H and O–H groups in total. The van der Waals surface area contributed by atoms with Gasteiger partial charge in [0.1, 0.15) is 0 Å². The molecular weight excluding hydrogens is 357 g/mol. The number of anilines is 1. The summed E-state index contributed by atoms with van der Waals surface area (Å²) in [4.78, 5) is 23.1. The van der Waals surface area contributed by atoms with E-state index < -0.39 is 11.9 Å². The van der Waals surface area contributed by atoms with Crippen molar-refractivity contribution in [3.63, 3.8) is 0 Å². The number of carbonyl (C=O) groups excluding carboxylic acids is 2. The number of halogens is 2. The summed E-state index contributed by atoms with van der Waals surface area (Å²) in [6.45, 7) is 0.270. The highest BCUT2D eigenvalue weighted by Gasteiger charge is 2.12. The van der Waals surface area contributed by atoms with Crippen LogP contribution in [0.15, 0.2) is 42.5 Å². The first-order valence-electron chi connectivity index (χ1n) is 6.49. The van der Waals surface area contributed by atoms with Gasteiger partial charge in [-0.1, -0.05) is 42.1 Å². The van der Waals surface area contributed by atoms with Gasteiger partial charge in [-0.05, 0) is 42.0 Å². The van der Waals surface area contributed by atoms with Crippen molar-refractivity contribution in [1.29, 1.82) is 0 Å². The van der Waals surface area contributed by atoms with Gasteiger partial charge >= 0.3 is 6.03 Å². The smallest absolute Gasteiger partial charge is 0.332 e. The number of benzene rings is 2. The van der Waals surface area contributed by atoms with E-state index in [1.54, 1.807) is 30.3 Å². The molecule has 0 bridgehead atoms. The number of thiol groups is 1. The maximum atomic E-state index is 12.1. The van der Waals surface area contributed by atoms with E-state index in [2.05, 4.69) is 18.1 Å². The van der Waals surface area contributed by atoms with Gasteiger partial charge in [0.25, 0.3) is 0 Å². The Balaban J connectivity index is 1.99. The number of hydrogen-bond donors (Lipinski definition) is 3. The van der Waals surface area contributed by atoms with Gasteiger partial charge in [-0.2, -0.15) is 0 Å². The third-order valence-corrected chi connectivity index (χ3v) is 4.17. The van der Waals surface area contributed by atoms with Crippen LogP contribution in [0.2, 0.25) is 10.0 Å². The second-order valence-corrected chi connectivity index (χ2v) is 5.84. The summed E-state index contributed by atoms with van der Waals surface area (Å²) in [5.41, 5.74) is 6.83. The first kappa shape index (κ1) is 17.5. The summed E-state index contributed by atoms with van der Waals surface area (Å²) in [6.07, 6.45) is 0. The SMILES string of the molecule is NC(=O)c1ccc(N(S)C(=O)NCc2ccc(Cl)c(Cl)c2)cc1. The zero-order valence-corrected chi connectivity index (χ0v) is 14.2. The molecule has 8 heteroatoms. The second-order valence-electron chi connectivity index (χ2n) is 4.63. The lowest BCUT2D eigenvalue weighted by molar-refractivity contribution is 0.100. The average Bonchev–Trinajstić information content (AvgIpc) is 2.55. The first-order valence-corrected chi connectivity index (χ1v) is 7.64. The second kappa shape index (κ2) is 7.59. The van der Waals surface area contributed by atoms with Gasteiger partial charge in [-0.15, -0.1) is 0 Å². The lowest BCUT2D eigenvalue weighted by atomic mass is 10.2. The fourth-order valence-electron chi connectivity index (χ4n) is 1.79. The molecule has 120 valence electrons. The van der Waals surface area contributed by atoms with E-state index in [0.717, 1.165) is 9.87 Å². The average molecular weight is 370 g/mol. The Morgan fingerprint density at radius 1 is 1.09 bits per heavy atom. The third kappa shape index (κ3) is 4.54. The predicted molar refractivity (Wildman–Crippen MR) is 95.1 cm³/mol. The van der Waals surface area contributed by atoms with Crippen LogP contribution in [0.25, 0.3) is 0 Å². The molecule has 0 aliphatic rings. The van der Waals surface area contributed by atoms with Crippen LogP contribution >= 0.6 is 36.0 Å². The predicted octanol–water partition coefficient (Wildman–Crippen LogP) is 3.65. The van der Waals surface area contributed by atoms with Crippen LogP contribution in [-0.4, -0.2) is 11.9 Å². The minimum Gasteiger partial charge on any atom is -0.366 e. The minimum atomic E-state index is -0.536. The monoisotopic (exact) mass is 369 g/mol. The molecule has 0 fully saturated rings. The lowest BCUT2D eigenvalue weighted by Gasteiger charge is -2.17. The van der Waals surface area contributed by atoms with Gasteiger partial charge in [-0.3, -0.25) is 4.79 Å². The molecule has 3 amide bonds. The molecule has 0 atom stereocenters. The maximum Gasteiger partial charge on any atom is 0.332 e. The van der Waals surface area contributed by atoms with Crippen molar-refractivity contribution in [2.75, 3.05) is 4.31 Å². The molecule has 0 aromatic heterocycles. The third-order valence-electron chi connectivity index (χ3n) is 3.02. The number of nitrogens with two attached hydrogens (primary N) is 1. The number of urea groups is 1. The highest BCUT2D eigenvalue weighted by atomic mass is 35.5. The van der Waals surface area contributed by atoms with Gasteiger partial charge in [0, 0.05) is 12.1 Å². The van der Waals surface area contributed by atoms with E-state index in [-0.39, 0.29) is 6.54 Å². The largest absolute Gasteiger partial charge is 0.366 e. The summed E-state index contributed by atoms with van der Waals surface area (Å²) in [6, 6.07) is 10.9. The maximum absolute atomic E-state index is 12.1. The number of nitrogens with zero attached hydrogens (tertiary/aromatic N) is 1. The Morgan fingerprint density at radius 2 is 1.74 bits per heavy atom. The van der Waals surface area contributed by atoms with Crippen molar-refractivity contribution < 1.29 is 9.59 Å². The highest BCUT2D eigenvalue weighted by molar-refractivity contribution is 7.82. The molecule has 0 aliphatic heterocycles. The number of nitrogens with one attached hydrogen (secondary N) is 1. The zero-order valence-electron chi connectivity index (χ0n) is 11.8. The van der Waals surface area contributed by atoms with Crippen LogP contribution in [0.3, 0.4) is 0 Å². The molecule has 2 rings (SSSR count). The highest BCUT2D eigenvalue weighted by Crippen LogP contribution is 2.22. The number of hydrogen-bond acceptors (Lipinski definition) is 3. The fourth-order valence-corrected chi connectivity index (χ4v) is 2.31. The molecule has 0 spiro atoms. The number of rotatable bonds is 4. The molecule has 0 saturated carbocycles. The van der Waals surface area contributed by atoms with Gasteiger partial charge in [0.05, 0.1) is 15.7 Å².